The van der Waals surface area contributed by atoms with Gasteiger partial charge in [0, 0.05) is 37.5 Å². The van der Waals surface area contributed by atoms with Gasteiger partial charge in [-0.3, -0.25) is 4.79 Å². The molecule has 0 saturated carbocycles. The highest BCUT2D eigenvalue weighted by Gasteiger charge is 2.30. The van der Waals surface area contributed by atoms with Crippen molar-refractivity contribution >= 4 is 41.5 Å². The van der Waals surface area contributed by atoms with Gasteiger partial charge in [0.1, 0.15) is 13.6 Å². The molecule has 172 valence electrons. The molecule has 4 rings (SSSR count). The highest BCUT2D eigenvalue weighted by Crippen LogP contribution is 2.35. The quantitative estimate of drug-likeness (QED) is 0.565. The van der Waals surface area contributed by atoms with Crippen LogP contribution in [0.15, 0.2) is 41.9 Å². The van der Waals surface area contributed by atoms with E-state index in [1.165, 1.54) is 23.5 Å². The first-order valence-electron chi connectivity index (χ1n) is 10.5. The minimum atomic E-state index is -4.40. The molecule has 6 nitrogen and oxygen atoms in total. The summed E-state index contributed by atoms with van der Waals surface area (Å²) in [5.74, 6) is 1.48. The van der Waals surface area contributed by atoms with Gasteiger partial charge in [-0.1, -0.05) is 5.46 Å². The summed E-state index contributed by atoms with van der Waals surface area (Å²) in [5.41, 5.74) is 1.09. The number of nitrogens with one attached hydrogen (secondary N) is 1. The lowest BCUT2D eigenvalue weighted by molar-refractivity contribution is -0.137. The Balaban J connectivity index is 1.47. The third-order valence-corrected chi connectivity index (χ3v) is 6.28. The Morgan fingerprint density at radius 1 is 1.24 bits per heavy atom. The van der Waals surface area contributed by atoms with Crippen molar-refractivity contribution in [3.05, 3.63) is 53.2 Å². The van der Waals surface area contributed by atoms with Gasteiger partial charge in [-0.05, 0) is 43.2 Å². The number of hydrogen-bond donors (Lipinski definition) is 1. The molecule has 1 aliphatic rings. The number of rotatable bonds is 5. The normalized spacial score (nSPS) is 14.8. The van der Waals surface area contributed by atoms with Crippen molar-refractivity contribution in [1.29, 1.82) is 0 Å². The van der Waals surface area contributed by atoms with Crippen LogP contribution in [0.1, 0.15) is 36.9 Å². The first kappa shape index (κ1) is 23.1. The molecule has 3 heterocycles. The predicted octanol–water partition coefficient (Wildman–Crippen LogP) is 4.08. The Kier molecular flexibility index (Phi) is 6.59. The zero-order valence-electron chi connectivity index (χ0n) is 18.1. The molecule has 1 aliphatic heterocycles. The van der Waals surface area contributed by atoms with Crippen molar-refractivity contribution in [3.8, 4) is 11.5 Å². The molecule has 2 aromatic heterocycles. The number of thiazole rings is 1. The second kappa shape index (κ2) is 9.42. The Morgan fingerprint density at radius 3 is 2.58 bits per heavy atom. The number of nitrogens with zero attached hydrogens (tertiary/aromatic N) is 3. The van der Waals surface area contributed by atoms with E-state index in [4.69, 9.17) is 9.72 Å². The number of halogens is 3. The van der Waals surface area contributed by atoms with Crippen LogP contribution in [0.3, 0.4) is 0 Å². The van der Waals surface area contributed by atoms with Crippen LogP contribution in [0.25, 0.3) is 0 Å². The van der Waals surface area contributed by atoms with E-state index in [2.05, 4.69) is 10.3 Å². The molecule has 33 heavy (non-hydrogen) atoms. The average molecular weight is 474 g/mol. The summed E-state index contributed by atoms with van der Waals surface area (Å²) < 4.78 is 44.3. The van der Waals surface area contributed by atoms with Gasteiger partial charge in [0.25, 0.3) is 0 Å². The largest absolute Gasteiger partial charge is 0.453 e. The number of alkyl halides is 3. The lowest BCUT2D eigenvalue weighted by atomic mass is 9.94. The molecular weight excluding hydrogens is 452 g/mol. The topological polar surface area (TPSA) is 67.4 Å². The zero-order valence-corrected chi connectivity index (χ0v) is 19.0. The number of amides is 1. The van der Waals surface area contributed by atoms with Gasteiger partial charge in [0.15, 0.2) is 16.7 Å². The Bertz CT molecular complexity index is 1130. The van der Waals surface area contributed by atoms with Crippen molar-refractivity contribution in [1.82, 2.24) is 14.9 Å². The predicted molar refractivity (Wildman–Crippen MR) is 124 cm³/mol. The lowest BCUT2D eigenvalue weighted by Crippen LogP contribution is -2.36. The van der Waals surface area contributed by atoms with Gasteiger partial charge in [-0.2, -0.15) is 13.2 Å². The molecule has 1 aromatic carbocycles. The van der Waals surface area contributed by atoms with Gasteiger partial charge in [0.2, 0.25) is 5.91 Å². The fraction of sp³-hybridized carbons (Fsp3) is 0.318. The number of hydrogen-bond acceptors (Lipinski definition) is 6. The van der Waals surface area contributed by atoms with Crippen LogP contribution in [0.2, 0.25) is 0 Å². The van der Waals surface area contributed by atoms with Crippen molar-refractivity contribution in [3.63, 3.8) is 0 Å². The van der Waals surface area contributed by atoms with Crippen LogP contribution in [-0.4, -0.2) is 41.7 Å². The van der Waals surface area contributed by atoms with Crippen LogP contribution in [0.4, 0.5) is 24.1 Å². The number of likely N-dealkylation sites (tertiary alicyclic amines) is 1. The van der Waals surface area contributed by atoms with Crippen LogP contribution in [0.5, 0.6) is 11.5 Å². The Morgan fingerprint density at radius 2 is 1.94 bits per heavy atom. The second-order valence-corrected chi connectivity index (χ2v) is 8.82. The Hall–Kier alpha value is -3.08. The first-order valence-corrected chi connectivity index (χ1v) is 11.4. The van der Waals surface area contributed by atoms with Crippen molar-refractivity contribution < 1.29 is 22.7 Å². The molecular formula is C22H22BF3N4O2S. The van der Waals surface area contributed by atoms with E-state index in [9.17, 15) is 18.0 Å². The molecule has 0 unspecified atom stereocenters. The van der Waals surface area contributed by atoms with Crippen LogP contribution in [0, 0.1) is 0 Å². The van der Waals surface area contributed by atoms with Gasteiger partial charge < -0.3 is 15.0 Å². The summed E-state index contributed by atoms with van der Waals surface area (Å²) in [6, 6.07) is 6.29. The number of carbonyl (C=O) groups excluding carboxylic acids is 1. The molecule has 0 aliphatic carbocycles. The van der Waals surface area contributed by atoms with Gasteiger partial charge in [0.05, 0.1) is 11.3 Å². The van der Waals surface area contributed by atoms with Crippen molar-refractivity contribution in [2.45, 2.75) is 31.9 Å². The third-order valence-electron chi connectivity index (χ3n) is 5.50. The van der Waals surface area contributed by atoms with E-state index < -0.39 is 11.7 Å². The summed E-state index contributed by atoms with van der Waals surface area (Å²) in [5, 5.41) is 5.82. The highest BCUT2D eigenvalue weighted by molar-refractivity contribution is 7.13. The second-order valence-electron chi connectivity index (χ2n) is 7.97. The molecule has 1 N–H and O–H groups in total. The molecule has 1 saturated heterocycles. The molecule has 3 aromatic rings. The maximum absolute atomic E-state index is 12.8. The number of ether oxygens (including phenoxy) is 1. The van der Waals surface area contributed by atoms with E-state index in [0.29, 0.717) is 22.6 Å². The minimum Gasteiger partial charge on any atom is -0.453 e. The SMILES string of the molecule is Bc1cnc(Nc2nc(C3CCN(C(C)=O)CC3)cs2)c(Oc2ccc(C(F)(F)F)cc2)c1. The molecule has 0 spiro atoms. The molecule has 1 fully saturated rings. The van der Waals surface area contributed by atoms with Crippen molar-refractivity contribution in [2.75, 3.05) is 18.4 Å². The first-order chi connectivity index (χ1) is 15.7. The van der Waals surface area contributed by atoms with E-state index in [1.54, 1.807) is 19.2 Å². The highest BCUT2D eigenvalue weighted by atomic mass is 32.1. The van der Waals surface area contributed by atoms with E-state index in [1.807, 2.05) is 18.1 Å². The third kappa shape index (κ3) is 5.65. The summed E-state index contributed by atoms with van der Waals surface area (Å²) in [6.45, 7) is 3.04. The molecule has 11 heteroatoms. The number of aromatic nitrogens is 2. The fourth-order valence-electron chi connectivity index (χ4n) is 3.68. The summed E-state index contributed by atoms with van der Waals surface area (Å²) in [4.78, 5) is 22.5. The van der Waals surface area contributed by atoms with E-state index >= 15 is 0 Å². The number of benzene rings is 1. The summed E-state index contributed by atoms with van der Waals surface area (Å²) >= 11 is 1.45. The monoisotopic (exact) mass is 474 g/mol. The van der Waals surface area contributed by atoms with Gasteiger partial charge in [-0.15, -0.1) is 11.3 Å². The van der Waals surface area contributed by atoms with Gasteiger partial charge in [-0.25, -0.2) is 9.97 Å². The number of anilines is 2. The van der Waals surface area contributed by atoms with Gasteiger partial charge >= 0.3 is 6.18 Å². The number of carbonyl (C=O) groups is 1. The Labute approximate surface area is 194 Å². The van der Waals surface area contributed by atoms with Crippen LogP contribution in [-0.2, 0) is 11.0 Å². The molecule has 1 amide bonds. The smallest absolute Gasteiger partial charge is 0.416 e. The standard InChI is InChI=1S/C22H22BF3N4O2S/c1-13(31)30-8-6-14(7-9-30)18-12-33-21(28-18)29-20-19(10-16(23)11-27-20)32-17-4-2-15(3-5-17)22(24,25)26/h2-5,10-12,14H,6-9,23H2,1H3,(H,27,28,29). The van der Waals surface area contributed by atoms with Crippen LogP contribution >= 0.6 is 11.3 Å². The summed E-state index contributed by atoms with van der Waals surface area (Å²) in [6.07, 6.45) is -0.989. The molecule has 0 bridgehead atoms. The minimum absolute atomic E-state index is 0.0973. The zero-order chi connectivity index (χ0) is 23.6. The maximum atomic E-state index is 12.8. The van der Waals surface area contributed by atoms with Crippen LogP contribution < -0.4 is 15.5 Å². The lowest BCUT2D eigenvalue weighted by Gasteiger charge is -2.30. The fourth-order valence-corrected chi connectivity index (χ4v) is 4.47. The number of pyridine rings is 1. The van der Waals surface area contributed by atoms with E-state index in [-0.39, 0.29) is 11.7 Å². The summed E-state index contributed by atoms with van der Waals surface area (Å²) in [7, 11) is 1.85. The van der Waals surface area contributed by atoms with E-state index in [0.717, 1.165) is 49.2 Å². The average Bonchev–Trinajstić information content (AvgIpc) is 3.24. The van der Waals surface area contributed by atoms with Crippen molar-refractivity contribution in [2.24, 2.45) is 0 Å². The maximum Gasteiger partial charge on any atom is 0.416 e. The molecule has 0 radical (unpaired) electrons. The number of piperidine rings is 1. The molecule has 0 atom stereocenters.